The van der Waals surface area contributed by atoms with Gasteiger partial charge in [0, 0.05) is 24.9 Å². The van der Waals surface area contributed by atoms with Crippen LogP contribution < -0.4 is 10.6 Å². The minimum Gasteiger partial charge on any atom is -0.374 e. The fraction of sp³-hybridized carbons (Fsp3) is 0.588. The number of hydrogen-bond donors (Lipinski definition) is 2. The van der Waals surface area contributed by atoms with Crippen molar-refractivity contribution in [2.45, 2.75) is 44.4 Å². The van der Waals surface area contributed by atoms with Gasteiger partial charge in [0.15, 0.2) is 0 Å². The van der Waals surface area contributed by atoms with Crippen molar-refractivity contribution in [3.05, 3.63) is 35.4 Å². The topological polar surface area (TPSA) is 50.4 Å². The summed E-state index contributed by atoms with van der Waals surface area (Å²) < 4.78 is 5.99. The number of ether oxygens (including phenoxy) is 1. The molecule has 1 aromatic carbocycles. The third kappa shape index (κ3) is 3.76. The van der Waals surface area contributed by atoms with Crippen LogP contribution in [-0.4, -0.2) is 35.8 Å². The number of rotatable bonds is 3. The molecule has 1 spiro atoms. The summed E-state index contributed by atoms with van der Waals surface area (Å²) in [6.45, 7) is 3.39. The Morgan fingerprint density at radius 2 is 2.32 bits per heavy atom. The molecule has 2 heterocycles. The first-order valence-corrected chi connectivity index (χ1v) is 9.13. The van der Waals surface area contributed by atoms with Crippen molar-refractivity contribution in [3.63, 3.8) is 0 Å². The molecule has 2 saturated heterocycles. The molecule has 2 N–H and O–H groups in total. The number of thioether (sulfide) groups is 1. The summed E-state index contributed by atoms with van der Waals surface area (Å²) in [6, 6.07) is 8.28. The molecule has 0 radical (unpaired) electrons. The van der Waals surface area contributed by atoms with Crippen molar-refractivity contribution in [1.82, 2.24) is 10.6 Å². The summed E-state index contributed by atoms with van der Waals surface area (Å²) in [4.78, 5) is 12.1. The van der Waals surface area contributed by atoms with Gasteiger partial charge in [-0.3, -0.25) is 0 Å². The number of hydrogen-bond acceptors (Lipinski definition) is 3. The SMILES string of the molecule is Cc1ccccc1CNC(=O)NC1CCOC2(CCSC2)C1. The van der Waals surface area contributed by atoms with E-state index in [4.69, 9.17) is 4.74 Å². The molecule has 2 atom stereocenters. The van der Waals surface area contributed by atoms with E-state index in [1.165, 1.54) is 11.3 Å². The minimum atomic E-state index is -0.0732. The molecule has 0 aromatic heterocycles. The van der Waals surface area contributed by atoms with Gasteiger partial charge in [-0.25, -0.2) is 4.79 Å². The third-order valence-electron chi connectivity index (χ3n) is 4.60. The predicted octanol–water partition coefficient (Wildman–Crippen LogP) is 2.85. The van der Waals surface area contributed by atoms with Gasteiger partial charge in [-0.05, 0) is 43.1 Å². The number of aryl methyl sites for hydroxylation is 1. The summed E-state index contributed by atoms with van der Waals surface area (Å²) in [5.74, 6) is 2.24. The van der Waals surface area contributed by atoms with Gasteiger partial charge >= 0.3 is 6.03 Å². The van der Waals surface area contributed by atoms with Gasteiger partial charge in [0.25, 0.3) is 0 Å². The number of urea groups is 1. The lowest BCUT2D eigenvalue weighted by molar-refractivity contribution is -0.0684. The average molecular weight is 320 g/mol. The van der Waals surface area contributed by atoms with Crippen LogP contribution in [0.3, 0.4) is 0 Å². The first kappa shape index (κ1) is 15.7. The molecule has 2 fully saturated rings. The number of amides is 2. The van der Waals surface area contributed by atoms with Gasteiger partial charge in [0.05, 0.1) is 5.60 Å². The van der Waals surface area contributed by atoms with Gasteiger partial charge in [-0.1, -0.05) is 24.3 Å². The van der Waals surface area contributed by atoms with Gasteiger partial charge < -0.3 is 15.4 Å². The van der Waals surface area contributed by atoms with E-state index in [-0.39, 0.29) is 17.7 Å². The van der Waals surface area contributed by atoms with Crippen molar-refractivity contribution < 1.29 is 9.53 Å². The van der Waals surface area contributed by atoms with Crippen molar-refractivity contribution in [2.75, 3.05) is 18.1 Å². The van der Waals surface area contributed by atoms with E-state index >= 15 is 0 Å². The van der Waals surface area contributed by atoms with E-state index in [1.54, 1.807) is 0 Å². The molecule has 0 saturated carbocycles. The largest absolute Gasteiger partial charge is 0.374 e. The minimum absolute atomic E-state index is 0.0108. The van der Waals surface area contributed by atoms with Crippen LogP contribution >= 0.6 is 11.8 Å². The number of carbonyl (C=O) groups excluding carboxylic acids is 1. The Balaban J connectivity index is 1.48. The molecule has 5 heteroatoms. The summed E-state index contributed by atoms with van der Waals surface area (Å²) in [5, 5.41) is 6.09. The van der Waals surface area contributed by atoms with Crippen LogP contribution in [0.4, 0.5) is 4.79 Å². The molecule has 4 nitrogen and oxygen atoms in total. The summed E-state index contributed by atoms with van der Waals surface area (Å²) in [7, 11) is 0. The predicted molar refractivity (Wildman–Crippen MR) is 90.2 cm³/mol. The van der Waals surface area contributed by atoms with Crippen LogP contribution in [0.5, 0.6) is 0 Å². The number of benzene rings is 1. The molecule has 22 heavy (non-hydrogen) atoms. The highest BCUT2D eigenvalue weighted by Gasteiger charge is 2.40. The van der Waals surface area contributed by atoms with E-state index in [2.05, 4.69) is 29.7 Å². The Morgan fingerprint density at radius 3 is 3.09 bits per heavy atom. The van der Waals surface area contributed by atoms with E-state index in [0.29, 0.717) is 6.54 Å². The van der Waals surface area contributed by atoms with Gasteiger partial charge in [-0.15, -0.1) is 0 Å². The maximum absolute atomic E-state index is 12.1. The van der Waals surface area contributed by atoms with Gasteiger partial charge in [-0.2, -0.15) is 11.8 Å². The second-order valence-corrected chi connectivity index (χ2v) is 7.38. The fourth-order valence-electron chi connectivity index (χ4n) is 3.23. The van der Waals surface area contributed by atoms with Crippen LogP contribution in [0.1, 0.15) is 30.4 Å². The Labute approximate surface area is 136 Å². The van der Waals surface area contributed by atoms with Gasteiger partial charge in [0.2, 0.25) is 0 Å². The van der Waals surface area contributed by atoms with E-state index in [1.807, 2.05) is 23.9 Å². The van der Waals surface area contributed by atoms with Crippen LogP contribution in [0.25, 0.3) is 0 Å². The lowest BCUT2D eigenvalue weighted by atomic mass is 9.90. The molecule has 120 valence electrons. The Hall–Kier alpha value is -1.20. The third-order valence-corrected chi connectivity index (χ3v) is 5.82. The molecule has 0 aliphatic carbocycles. The summed E-state index contributed by atoms with van der Waals surface area (Å²) in [5.41, 5.74) is 2.38. The summed E-state index contributed by atoms with van der Waals surface area (Å²) in [6.07, 6.45) is 2.96. The zero-order chi connectivity index (χ0) is 15.4. The molecule has 2 amide bonds. The fourth-order valence-corrected chi connectivity index (χ4v) is 4.61. The quantitative estimate of drug-likeness (QED) is 0.900. The van der Waals surface area contributed by atoms with Crippen molar-refractivity contribution in [1.29, 1.82) is 0 Å². The van der Waals surface area contributed by atoms with Crippen molar-refractivity contribution in [3.8, 4) is 0 Å². The maximum Gasteiger partial charge on any atom is 0.315 e. The highest BCUT2D eigenvalue weighted by atomic mass is 32.2. The smallest absolute Gasteiger partial charge is 0.315 e. The van der Waals surface area contributed by atoms with Crippen molar-refractivity contribution in [2.24, 2.45) is 0 Å². The lowest BCUT2D eigenvalue weighted by Crippen LogP contribution is -2.50. The normalized spacial score (nSPS) is 27.8. The molecule has 3 rings (SSSR count). The van der Waals surface area contributed by atoms with E-state index in [9.17, 15) is 4.79 Å². The second-order valence-electron chi connectivity index (χ2n) is 6.28. The monoisotopic (exact) mass is 320 g/mol. The van der Waals surface area contributed by atoms with E-state index in [0.717, 1.165) is 37.2 Å². The molecule has 2 aliphatic rings. The van der Waals surface area contributed by atoms with Crippen LogP contribution in [-0.2, 0) is 11.3 Å². The summed E-state index contributed by atoms with van der Waals surface area (Å²) >= 11 is 1.96. The Kier molecular flexibility index (Phi) is 4.93. The maximum atomic E-state index is 12.1. The van der Waals surface area contributed by atoms with Crippen LogP contribution in [0.2, 0.25) is 0 Å². The number of carbonyl (C=O) groups is 1. The molecule has 1 aromatic rings. The van der Waals surface area contributed by atoms with Crippen molar-refractivity contribution >= 4 is 17.8 Å². The first-order chi connectivity index (χ1) is 10.7. The highest BCUT2D eigenvalue weighted by molar-refractivity contribution is 7.99. The lowest BCUT2D eigenvalue weighted by Gasteiger charge is -2.38. The molecule has 0 bridgehead atoms. The molecular formula is C17H24N2O2S. The Morgan fingerprint density at radius 1 is 1.45 bits per heavy atom. The second kappa shape index (κ2) is 6.92. The molecule has 2 aliphatic heterocycles. The van der Waals surface area contributed by atoms with E-state index < -0.39 is 0 Å². The standard InChI is InChI=1S/C17H24N2O2S/c1-13-4-2-3-5-14(13)11-18-16(20)19-15-6-8-21-17(10-15)7-9-22-12-17/h2-5,15H,6-12H2,1H3,(H2,18,19,20). The molecule has 2 unspecified atom stereocenters. The molecular weight excluding hydrogens is 296 g/mol. The average Bonchev–Trinajstić information content (AvgIpc) is 2.94. The number of nitrogens with one attached hydrogen (secondary N) is 2. The zero-order valence-electron chi connectivity index (χ0n) is 13.1. The Bertz CT molecular complexity index is 529. The van der Waals surface area contributed by atoms with Gasteiger partial charge in [0.1, 0.15) is 0 Å². The zero-order valence-corrected chi connectivity index (χ0v) is 13.9. The van der Waals surface area contributed by atoms with Crippen LogP contribution in [0.15, 0.2) is 24.3 Å². The first-order valence-electron chi connectivity index (χ1n) is 7.97. The van der Waals surface area contributed by atoms with Crippen LogP contribution in [0, 0.1) is 6.92 Å². The highest BCUT2D eigenvalue weighted by Crippen LogP contribution is 2.38.